The quantitative estimate of drug-likeness (QED) is 0.893. The largest absolute Gasteiger partial charge is 0.479 e. The number of rotatable bonds is 4. The van der Waals surface area contributed by atoms with Crippen LogP contribution in [0.1, 0.15) is 31.4 Å². The lowest BCUT2D eigenvalue weighted by Gasteiger charge is -2.18. The molecule has 0 bridgehead atoms. The summed E-state index contributed by atoms with van der Waals surface area (Å²) in [4.78, 5) is 23.4. The Balaban J connectivity index is 2.13. The molecule has 1 amide bonds. The third-order valence-electron chi connectivity index (χ3n) is 3.27. The van der Waals surface area contributed by atoms with E-state index in [1.807, 2.05) is 6.92 Å². The molecule has 1 aliphatic heterocycles. The number of carboxylic acid groups (broad SMARTS) is 1. The van der Waals surface area contributed by atoms with E-state index >= 15 is 0 Å². The molecule has 1 heterocycles. The molecule has 2 unspecified atom stereocenters. The summed E-state index contributed by atoms with van der Waals surface area (Å²) in [7, 11) is 0. The van der Waals surface area contributed by atoms with Crippen LogP contribution in [0, 0.1) is 0 Å². The van der Waals surface area contributed by atoms with Crippen molar-refractivity contribution in [2.45, 2.75) is 38.0 Å². The van der Waals surface area contributed by atoms with Gasteiger partial charge in [0, 0.05) is 10.6 Å². The van der Waals surface area contributed by atoms with E-state index in [9.17, 15) is 14.7 Å². The fraction of sp³-hybridized carbons (Fsp3) is 0.429. The minimum atomic E-state index is -1.17. The van der Waals surface area contributed by atoms with E-state index in [1.165, 1.54) is 0 Å². The van der Waals surface area contributed by atoms with Crippen molar-refractivity contribution < 1.29 is 19.4 Å². The lowest BCUT2D eigenvalue weighted by atomic mass is 10.1. The summed E-state index contributed by atoms with van der Waals surface area (Å²) in [5.74, 6) is -1.57. The molecule has 108 valence electrons. The van der Waals surface area contributed by atoms with Gasteiger partial charge in [-0.25, -0.2) is 4.79 Å². The summed E-state index contributed by atoms with van der Waals surface area (Å²) in [5, 5.41) is 12.1. The first-order chi connectivity index (χ1) is 9.49. The van der Waals surface area contributed by atoms with Crippen LogP contribution in [0.5, 0.6) is 0 Å². The third-order valence-corrected chi connectivity index (χ3v) is 3.62. The zero-order chi connectivity index (χ0) is 14.7. The van der Waals surface area contributed by atoms with Crippen molar-refractivity contribution in [2.24, 2.45) is 0 Å². The lowest BCUT2D eigenvalue weighted by molar-refractivity contribution is -0.144. The summed E-state index contributed by atoms with van der Waals surface area (Å²) in [5.41, 5.74) is 0.362. The maximum absolute atomic E-state index is 12.0. The molecule has 3 atom stereocenters. The van der Waals surface area contributed by atoms with Crippen molar-refractivity contribution >= 4 is 23.5 Å². The van der Waals surface area contributed by atoms with E-state index in [-0.39, 0.29) is 6.10 Å². The molecule has 0 spiro atoms. The van der Waals surface area contributed by atoms with E-state index < -0.39 is 24.0 Å². The van der Waals surface area contributed by atoms with Crippen LogP contribution >= 0.6 is 11.6 Å². The van der Waals surface area contributed by atoms with Gasteiger partial charge < -0.3 is 15.2 Å². The molecule has 6 heteroatoms. The number of hydrogen-bond acceptors (Lipinski definition) is 3. The van der Waals surface area contributed by atoms with Gasteiger partial charge in [-0.2, -0.15) is 0 Å². The summed E-state index contributed by atoms with van der Waals surface area (Å²) in [6.07, 6.45) is 0.827. The van der Waals surface area contributed by atoms with Crippen LogP contribution in [0.3, 0.4) is 0 Å². The van der Waals surface area contributed by atoms with Gasteiger partial charge >= 0.3 is 5.97 Å². The Bertz CT molecular complexity index is 520. The average Bonchev–Trinajstić information content (AvgIpc) is 2.83. The highest BCUT2D eigenvalue weighted by atomic mass is 35.5. The Kier molecular flexibility index (Phi) is 4.62. The molecule has 1 saturated heterocycles. The van der Waals surface area contributed by atoms with Gasteiger partial charge in [-0.15, -0.1) is 0 Å². The zero-order valence-corrected chi connectivity index (χ0v) is 11.8. The highest BCUT2D eigenvalue weighted by Crippen LogP contribution is 2.24. The molecule has 20 heavy (non-hydrogen) atoms. The predicted molar refractivity (Wildman–Crippen MR) is 73.5 cm³/mol. The average molecular weight is 298 g/mol. The molecule has 2 rings (SSSR count). The zero-order valence-electron chi connectivity index (χ0n) is 11.0. The minimum Gasteiger partial charge on any atom is -0.479 e. The fourth-order valence-corrected chi connectivity index (χ4v) is 2.46. The Morgan fingerprint density at radius 2 is 2.10 bits per heavy atom. The van der Waals surface area contributed by atoms with E-state index in [0.717, 1.165) is 6.42 Å². The van der Waals surface area contributed by atoms with Crippen molar-refractivity contribution in [2.75, 3.05) is 0 Å². The predicted octanol–water partition coefficient (Wildman–Crippen LogP) is 2.15. The van der Waals surface area contributed by atoms with Crippen LogP contribution in [0.4, 0.5) is 0 Å². The highest BCUT2D eigenvalue weighted by Gasteiger charge is 2.32. The topological polar surface area (TPSA) is 75.6 Å². The second-order valence-electron chi connectivity index (χ2n) is 4.81. The number of hydrogen-bond donors (Lipinski definition) is 2. The van der Waals surface area contributed by atoms with Crippen molar-refractivity contribution in [3.63, 3.8) is 0 Å². The first kappa shape index (κ1) is 14.8. The molecule has 0 aromatic heterocycles. The standard InChI is InChI=1S/C14H16ClNO4/c1-8-6-7-11(20-8)13(17)16-12(14(18)19)9-4-2-3-5-10(9)15/h2-5,8,11-12H,6-7H2,1H3,(H,16,17)(H,18,19)/t8?,11?,12-/m1/s1. The number of amides is 1. The first-order valence-electron chi connectivity index (χ1n) is 6.42. The first-order valence-corrected chi connectivity index (χ1v) is 6.80. The molecular formula is C14H16ClNO4. The van der Waals surface area contributed by atoms with Crippen LogP contribution in [0.25, 0.3) is 0 Å². The van der Waals surface area contributed by atoms with Gasteiger partial charge in [0.2, 0.25) is 5.91 Å². The van der Waals surface area contributed by atoms with Gasteiger partial charge in [0.05, 0.1) is 6.10 Å². The summed E-state index contributed by atoms with van der Waals surface area (Å²) in [6, 6.07) is 5.38. The molecule has 5 nitrogen and oxygen atoms in total. The van der Waals surface area contributed by atoms with Crippen LogP contribution in [-0.2, 0) is 14.3 Å². The summed E-state index contributed by atoms with van der Waals surface area (Å²) in [6.45, 7) is 1.88. The second kappa shape index (κ2) is 6.24. The molecule has 0 radical (unpaired) electrons. The molecule has 1 aromatic rings. The van der Waals surface area contributed by atoms with E-state index in [0.29, 0.717) is 17.0 Å². The van der Waals surface area contributed by atoms with Crippen LogP contribution in [0.15, 0.2) is 24.3 Å². The van der Waals surface area contributed by atoms with Gasteiger partial charge in [0.15, 0.2) is 6.04 Å². The molecule has 0 saturated carbocycles. The van der Waals surface area contributed by atoms with E-state index in [4.69, 9.17) is 16.3 Å². The van der Waals surface area contributed by atoms with Crippen molar-refractivity contribution in [3.05, 3.63) is 34.9 Å². The van der Waals surface area contributed by atoms with Gasteiger partial charge in [0.1, 0.15) is 6.10 Å². The van der Waals surface area contributed by atoms with Crippen LogP contribution < -0.4 is 5.32 Å². The van der Waals surface area contributed by atoms with Crippen LogP contribution in [0.2, 0.25) is 5.02 Å². The van der Waals surface area contributed by atoms with E-state index in [2.05, 4.69) is 5.32 Å². The molecule has 1 aliphatic rings. The number of halogens is 1. The van der Waals surface area contributed by atoms with Gasteiger partial charge in [-0.3, -0.25) is 4.79 Å². The molecule has 1 aromatic carbocycles. The molecular weight excluding hydrogens is 282 g/mol. The Labute approximate surface area is 121 Å². The van der Waals surface area contributed by atoms with Crippen LogP contribution in [-0.4, -0.2) is 29.2 Å². The Hall–Kier alpha value is -1.59. The number of ether oxygens (including phenoxy) is 1. The third kappa shape index (κ3) is 3.29. The molecule has 2 N–H and O–H groups in total. The smallest absolute Gasteiger partial charge is 0.330 e. The maximum atomic E-state index is 12.0. The number of carboxylic acids is 1. The van der Waals surface area contributed by atoms with Crippen molar-refractivity contribution in [1.29, 1.82) is 0 Å². The van der Waals surface area contributed by atoms with E-state index in [1.54, 1.807) is 24.3 Å². The normalized spacial score (nSPS) is 23.3. The monoisotopic (exact) mass is 297 g/mol. The lowest BCUT2D eigenvalue weighted by Crippen LogP contribution is -2.40. The van der Waals surface area contributed by atoms with Crippen molar-refractivity contribution in [3.8, 4) is 0 Å². The van der Waals surface area contributed by atoms with Gasteiger partial charge in [-0.05, 0) is 25.8 Å². The maximum Gasteiger partial charge on any atom is 0.330 e. The van der Waals surface area contributed by atoms with Gasteiger partial charge in [0.25, 0.3) is 0 Å². The fourth-order valence-electron chi connectivity index (χ4n) is 2.21. The Morgan fingerprint density at radius 3 is 2.65 bits per heavy atom. The SMILES string of the molecule is CC1CCC(C(=O)N[C@@H](C(=O)O)c2ccccc2Cl)O1. The number of aliphatic carboxylic acids is 1. The number of benzene rings is 1. The second-order valence-corrected chi connectivity index (χ2v) is 5.22. The number of carbonyl (C=O) groups excluding carboxylic acids is 1. The van der Waals surface area contributed by atoms with Gasteiger partial charge in [-0.1, -0.05) is 29.8 Å². The minimum absolute atomic E-state index is 0.0225. The highest BCUT2D eigenvalue weighted by molar-refractivity contribution is 6.31. The molecule has 0 aliphatic carbocycles. The van der Waals surface area contributed by atoms with Crippen molar-refractivity contribution in [1.82, 2.24) is 5.32 Å². The summed E-state index contributed by atoms with van der Waals surface area (Å²) < 4.78 is 5.43. The number of carbonyl (C=O) groups is 2. The number of nitrogens with one attached hydrogen (secondary N) is 1. The summed E-state index contributed by atoms with van der Waals surface area (Å²) >= 11 is 5.98. The molecule has 1 fully saturated rings. The Morgan fingerprint density at radius 1 is 1.40 bits per heavy atom.